The molecule has 3 aromatic carbocycles. The number of halogens is 4. The molecule has 37 heavy (non-hydrogen) atoms. The summed E-state index contributed by atoms with van der Waals surface area (Å²) in [7, 11) is 0. The zero-order valence-corrected chi connectivity index (χ0v) is 23.3. The van der Waals surface area contributed by atoms with E-state index in [0.29, 0.717) is 12.3 Å². The van der Waals surface area contributed by atoms with Crippen LogP contribution in [0.4, 0.5) is 8.78 Å². The van der Waals surface area contributed by atoms with Crippen LogP contribution >= 0.6 is 36.6 Å². The summed E-state index contributed by atoms with van der Waals surface area (Å²) < 4.78 is 26.9. The minimum Gasteiger partial charge on any atom is -0.391 e. The lowest BCUT2D eigenvalue weighted by Gasteiger charge is -2.35. The van der Waals surface area contributed by atoms with Crippen LogP contribution in [0.5, 0.6) is 0 Å². The van der Waals surface area contributed by atoms with E-state index in [0.717, 1.165) is 56.7 Å². The van der Waals surface area contributed by atoms with Crippen LogP contribution in [-0.2, 0) is 0 Å². The number of thioether (sulfide) groups is 1. The summed E-state index contributed by atoms with van der Waals surface area (Å²) in [6.45, 7) is 5.63. The van der Waals surface area contributed by atoms with Crippen LogP contribution in [-0.4, -0.2) is 66.0 Å². The fourth-order valence-electron chi connectivity index (χ4n) is 4.69. The van der Waals surface area contributed by atoms with Gasteiger partial charge in [0.2, 0.25) is 0 Å². The summed E-state index contributed by atoms with van der Waals surface area (Å²) >= 11 is 1.70. The fourth-order valence-corrected chi connectivity index (χ4v) is 5.53. The molecule has 8 heteroatoms. The average molecular weight is 570 g/mol. The van der Waals surface area contributed by atoms with E-state index >= 15 is 0 Å². The van der Waals surface area contributed by atoms with Crippen LogP contribution in [0.15, 0.2) is 83.8 Å². The third-order valence-electron chi connectivity index (χ3n) is 6.63. The highest BCUT2D eigenvalue weighted by molar-refractivity contribution is 7.99. The van der Waals surface area contributed by atoms with Crippen molar-refractivity contribution < 1.29 is 13.9 Å². The number of rotatable bonds is 11. The van der Waals surface area contributed by atoms with Gasteiger partial charge in [-0.25, -0.2) is 8.78 Å². The number of aliphatic hydroxyl groups is 1. The first-order chi connectivity index (χ1) is 17.1. The van der Waals surface area contributed by atoms with Crippen LogP contribution in [0, 0.1) is 11.6 Å². The van der Waals surface area contributed by atoms with Gasteiger partial charge in [-0.2, -0.15) is 0 Å². The molecule has 1 saturated heterocycles. The van der Waals surface area contributed by atoms with E-state index in [4.69, 9.17) is 0 Å². The van der Waals surface area contributed by atoms with Gasteiger partial charge in [-0.3, -0.25) is 4.90 Å². The zero-order valence-electron chi connectivity index (χ0n) is 20.8. The van der Waals surface area contributed by atoms with Gasteiger partial charge >= 0.3 is 0 Å². The standard InChI is InChI=1S/C29H34F2N2OS.2ClH/c30-25-12-8-23(9-13-25)29(24-10-14-26(31)15-11-24)7-4-16-32-17-19-33(20-18-32)21-27(34)22-35-28-5-2-1-3-6-28;;/h1-3,5-6,8-15,27,29,34H,4,7,16-22H2;2*1H/t27-;;/m0../s1. The number of aliphatic hydroxyl groups excluding tert-OH is 1. The molecule has 1 N–H and O–H groups in total. The first-order valence-electron chi connectivity index (χ1n) is 12.4. The van der Waals surface area contributed by atoms with E-state index in [1.807, 2.05) is 42.5 Å². The van der Waals surface area contributed by atoms with Crippen molar-refractivity contribution in [2.75, 3.05) is 45.0 Å². The predicted molar refractivity (Wildman–Crippen MR) is 154 cm³/mol. The second-order valence-electron chi connectivity index (χ2n) is 9.22. The molecule has 1 heterocycles. The lowest BCUT2D eigenvalue weighted by Crippen LogP contribution is -2.49. The van der Waals surface area contributed by atoms with Crippen molar-refractivity contribution >= 4 is 36.6 Å². The molecule has 0 spiro atoms. The second-order valence-corrected chi connectivity index (χ2v) is 10.3. The Kier molecular flexibility index (Phi) is 13.9. The largest absolute Gasteiger partial charge is 0.391 e. The highest BCUT2D eigenvalue weighted by Crippen LogP contribution is 2.30. The minimum atomic E-state index is -0.334. The smallest absolute Gasteiger partial charge is 0.123 e. The quantitative estimate of drug-likeness (QED) is 0.267. The Labute approximate surface area is 236 Å². The van der Waals surface area contributed by atoms with Gasteiger partial charge in [-0.15, -0.1) is 36.6 Å². The van der Waals surface area contributed by atoms with Crippen molar-refractivity contribution in [3.8, 4) is 0 Å². The predicted octanol–water partition coefficient (Wildman–Crippen LogP) is 6.49. The Balaban J connectivity index is 0.00000241. The van der Waals surface area contributed by atoms with Gasteiger partial charge in [0, 0.05) is 49.3 Å². The van der Waals surface area contributed by atoms with Crippen LogP contribution in [0.25, 0.3) is 0 Å². The van der Waals surface area contributed by atoms with Crippen molar-refractivity contribution in [1.29, 1.82) is 0 Å². The van der Waals surface area contributed by atoms with Gasteiger partial charge in [0.05, 0.1) is 6.10 Å². The number of piperazine rings is 1. The topological polar surface area (TPSA) is 26.7 Å². The van der Waals surface area contributed by atoms with Crippen molar-refractivity contribution in [1.82, 2.24) is 9.80 Å². The highest BCUT2D eigenvalue weighted by atomic mass is 35.5. The number of nitrogens with zero attached hydrogens (tertiary/aromatic N) is 2. The normalized spacial score (nSPS) is 15.1. The average Bonchev–Trinajstić information content (AvgIpc) is 2.88. The monoisotopic (exact) mass is 568 g/mol. The first-order valence-corrected chi connectivity index (χ1v) is 13.4. The van der Waals surface area contributed by atoms with Gasteiger partial charge in [0.25, 0.3) is 0 Å². The van der Waals surface area contributed by atoms with E-state index in [1.165, 1.54) is 29.2 Å². The minimum absolute atomic E-state index is 0. The summed E-state index contributed by atoms with van der Waals surface area (Å²) in [5.41, 5.74) is 2.12. The van der Waals surface area contributed by atoms with Crippen molar-refractivity contribution in [3.63, 3.8) is 0 Å². The van der Waals surface area contributed by atoms with Crippen molar-refractivity contribution in [2.24, 2.45) is 0 Å². The maximum atomic E-state index is 13.5. The van der Waals surface area contributed by atoms with E-state index in [2.05, 4.69) is 21.9 Å². The van der Waals surface area contributed by atoms with E-state index in [9.17, 15) is 13.9 Å². The van der Waals surface area contributed by atoms with Gasteiger partial charge < -0.3 is 10.0 Å². The molecule has 0 aliphatic carbocycles. The molecule has 0 radical (unpaired) electrons. The van der Waals surface area contributed by atoms with Crippen molar-refractivity contribution in [2.45, 2.75) is 29.8 Å². The molecule has 0 saturated carbocycles. The van der Waals surface area contributed by atoms with Gasteiger partial charge in [0.15, 0.2) is 0 Å². The van der Waals surface area contributed by atoms with Gasteiger partial charge in [-0.05, 0) is 66.9 Å². The van der Waals surface area contributed by atoms with E-state index < -0.39 is 0 Å². The molecule has 0 unspecified atom stereocenters. The molecule has 1 aliphatic heterocycles. The Morgan fingerprint density at radius 1 is 0.730 bits per heavy atom. The summed E-state index contributed by atoms with van der Waals surface area (Å²) in [5, 5.41) is 10.5. The SMILES string of the molecule is Cl.Cl.O[C@H](CSc1ccccc1)CN1CCN(CCCC(c2ccc(F)cc2)c2ccc(F)cc2)CC1. The number of hydrogen-bond donors (Lipinski definition) is 1. The zero-order chi connectivity index (χ0) is 24.5. The Bertz CT molecular complexity index is 975. The Morgan fingerprint density at radius 3 is 1.78 bits per heavy atom. The first kappa shape index (κ1) is 31.5. The maximum Gasteiger partial charge on any atom is 0.123 e. The molecule has 3 nitrogen and oxygen atoms in total. The molecule has 0 amide bonds. The van der Waals surface area contributed by atoms with Crippen LogP contribution in [0.1, 0.15) is 29.9 Å². The molecule has 202 valence electrons. The summed E-state index contributed by atoms with van der Waals surface area (Å²) in [6, 6.07) is 23.5. The van der Waals surface area contributed by atoms with E-state index in [-0.39, 0.29) is 48.5 Å². The van der Waals surface area contributed by atoms with Gasteiger partial charge in [0.1, 0.15) is 11.6 Å². The van der Waals surface area contributed by atoms with Gasteiger partial charge in [-0.1, -0.05) is 42.5 Å². The van der Waals surface area contributed by atoms with Crippen molar-refractivity contribution in [3.05, 3.63) is 102 Å². The molecule has 1 atom stereocenters. The fraction of sp³-hybridized carbons (Fsp3) is 0.379. The number of β-amino-alcohol motifs (C(OH)–C–C–N with tert-alkyl or cyclic N) is 1. The molecule has 4 rings (SSSR count). The molecule has 1 aliphatic rings. The van der Waals surface area contributed by atoms with Crippen LogP contribution in [0.2, 0.25) is 0 Å². The third-order valence-corrected chi connectivity index (χ3v) is 7.79. The summed E-state index contributed by atoms with van der Waals surface area (Å²) in [6.07, 6.45) is 1.60. The highest BCUT2D eigenvalue weighted by Gasteiger charge is 2.20. The van der Waals surface area contributed by atoms with Crippen LogP contribution in [0.3, 0.4) is 0 Å². The molecular formula is C29H36Cl2F2N2OS. The third kappa shape index (κ3) is 10.2. The Hall–Kier alpha value is -1.67. The Morgan fingerprint density at radius 2 is 1.24 bits per heavy atom. The molecule has 0 bridgehead atoms. The number of hydrogen-bond acceptors (Lipinski definition) is 4. The lowest BCUT2D eigenvalue weighted by atomic mass is 9.87. The van der Waals surface area contributed by atoms with Crippen LogP contribution < -0.4 is 0 Å². The number of benzene rings is 3. The molecular weight excluding hydrogens is 533 g/mol. The molecule has 1 fully saturated rings. The molecule has 0 aromatic heterocycles. The molecule has 3 aromatic rings. The lowest BCUT2D eigenvalue weighted by molar-refractivity contribution is 0.0819. The summed E-state index contributed by atoms with van der Waals surface area (Å²) in [4.78, 5) is 6.02. The maximum absolute atomic E-state index is 13.5. The summed E-state index contributed by atoms with van der Waals surface area (Å²) in [5.74, 6) is 0.342. The second kappa shape index (κ2) is 16.3. The van der Waals surface area contributed by atoms with E-state index in [1.54, 1.807) is 11.8 Å².